The van der Waals surface area contributed by atoms with E-state index in [1.807, 2.05) is 4.90 Å². The molecule has 126 valence electrons. The molecule has 2 aliphatic rings. The Morgan fingerprint density at radius 3 is 2.74 bits per heavy atom. The molecule has 1 saturated carbocycles. The summed E-state index contributed by atoms with van der Waals surface area (Å²) in [6.07, 6.45) is 3.42. The molecule has 1 heterocycles. The largest absolute Gasteiger partial charge is 0.392 e. The van der Waals surface area contributed by atoms with E-state index < -0.39 is 17.7 Å². The van der Waals surface area contributed by atoms with Gasteiger partial charge in [0, 0.05) is 19.1 Å². The third-order valence-corrected chi connectivity index (χ3v) is 4.87. The van der Waals surface area contributed by atoms with Gasteiger partial charge in [-0.3, -0.25) is 9.69 Å². The van der Waals surface area contributed by atoms with Crippen molar-refractivity contribution in [2.24, 2.45) is 5.92 Å². The van der Waals surface area contributed by atoms with Crippen LogP contribution in [0.2, 0.25) is 0 Å². The molecule has 6 heteroatoms. The van der Waals surface area contributed by atoms with Crippen LogP contribution in [0, 0.1) is 17.6 Å². The highest BCUT2D eigenvalue weighted by Crippen LogP contribution is 2.32. The predicted octanol–water partition coefficient (Wildman–Crippen LogP) is 1.99. The second-order valence-corrected chi connectivity index (χ2v) is 6.61. The van der Waals surface area contributed by atoms with E-state index in [1.165, 1.54) is 25.3 Å². The van der Waals surface area contributed by atoms with E-state index in [0.717, 1.165) is 12.1 Å². The maximum atomic E-state index is 13.4. The number of nitrogens with zero attached hydrogens (tertiary/aromatic N) is 1. The van der Waals surface area contributed by atoms with Crippen molar-refractivity contribution in [3.8, 4) is 0 Å². The van der Waals surface area contributed by atoms with Crippen LogP contribution in [0.1, 0.15) is 37.3 Å². The Kier molecular flexibility index (Phi) is 4.92. The number of carbonyl (C=O) groups is 1. The molecule has 2 fully saturated rings. The highest BCUT2D eigenvalue weighted by molar-refractivity contribution is 5.78. The number of nitrogens with one attached hydrogen (secondary N) is 1. The topological polar surface area (TPSA) is 52.6 Å². The van der Waals surface area contributed by atoms with E-state index in [2.05, 4.69) is 5.32 Å². The minimum absolute atomic E-state index is 0.0846. The molecule has 1 aliphatic heterocycles. The first-order valence-electron chi connectivity index (χ1n) is 8.16. The summed E-state index contributed by atoms with van der Waals surface area (Å²) in [7, 11) is 0. The fourth-order valence-electron chi connectivity index (χ4n) is 3.32. The lowest BCUT2D eigenvalue weighted by atomic mass is 9.85. The van der Waals surface area contributed by atoms with Crippen molar-refractivity contribution in [1.82, 2.24) is 10.2 Å². The molecular weight excluding hydrogens is 302 g/mol. The van der Waals surface area contributed by atoms with Crippen molar-refractivity contribution in [2.45, 2.75) is 37.8 Å². The van der Waals surface area contributed by atoms with Crippen LogP contribution in [0.3, 0.4) is 0 Å². The number of hydrogen-bond donors (Lipinski definition) is 2. The first-order chi connectivity index (χ1) is 11.0. The zero-order valence-electron chi connectivity index (χ0n) is 13.0. The minimum atomic E-state index is -0.904. The van der Waals surface area contributed by atoms with Gasteiger partial charge in [-0.15, -0.1) is 0 Å². The molecule has 1 aromatic rings. The van der Waals surface area contributed by atoms with Gasteiger partial charge in [0.2, 0.25) is 5.91 Å². The number of rotatable bonds is 5. The fourth-order valence-corrected chi connectivity index (χ4v) is 3.32. The monoisotopic (exact) mass is 324 g/mol. The van der Waals surface area contributed by atoms with Crippen molar-refractivity contribution in [1.29, 1.82) is 0 Å². The van der Waals surface area contributed by atoms with Gasteiger partial charge >= 0.3 is 0 Å². The number of aliphatic hydroxyl groups excluding tert-OH is 1. The highest BCUT2D eigenvalue weighted by Gasteiger charge is 2.33. The lowest BCUT2D eigenvalue weighted by molar-refractivity contribution is -0.122. The van der Waals surface area contributed by atoms with Gasteiger partial charge in [-0.25, -0.2) is 8.78 Å². The van der Waals surface area contributed by atoms with E-state index >= 15 is 0 Å². The quantitative estimate of drug-likeness (QED) is 0.871. The van der Waals surface area contributed by atoms with E-state index in [9.17, 15) is 18.7 Å². The number of hydrogen-bond acceptors (Lipinski definition) is 3. The summed E-state index contributed by atoms with van der Waals surface area (Å²) < 4.78 is 26.5. The molecule has 0 unspecified atom stereocenters. The van der Waals surface area contributed by atoms with Crippen LogP contribution in [0.4, 0.5) is 8.78 Å². The number of carbonyl (C=O) groups excluding carboxylic acids is 1. The highest BCUT2D eigenvalue weighted by atomic mass is 19.2. The van der Waals surface area contributed by atoms with Crippen LogP contribution in [-0.2, 0) is 4.79 Å². The molecular formula is C17H22F2N2O2. The van der Waals surface area contributed by atoms with Gasteiger partial charge in [-0.1, -0.05) is 12.5 Å². The van der Waals surface area contributed by atoms with Crippen molar-refractivity contribution in [2.75, 3.05) is 19.6 Å². The van der Waals surface area contributed by atoms with Crippen molar-refractivity contribution in [3.63, 3.8) is 0 Å². The zero-order chi connectivity index (χ0) is 16.4. The Morgan fingerprint density at radius 2 is 2.09 bits per heavy atom. The number of likely N-dealkylation sites (tertiary alicyclic amines) is 1. The van der Waals surface area contributed by atoms with Crippen LogP contribution in [0.25, 0.3) is 0 Å². The Labute approximate surface area is 134 Å². The molecule has 1 aliphatic carbocycles. The van der Waals surface area contributed by atoms with Crippen molar-refractivity contribution >= 4 is 5.91 Å². The summed E-state index contributed by atoms with van der Waals surface area (Å²) in [5.41, 5.74) is 0.590. The summed E-state index contributed by atoms with van der Waals surface area (Å²) in [5.74, 6) is -1.29. The summed E-state index contributed by atoms with van der Waals surface area (Å²) in [6.45, 7) is 1.22. The number of benzene rings is 1. The van der Waals surface area contributed by atoms with Gasteiger partial charge in [0.15, 0.2) is 11.6 Å². The average molecular weight is 324 g/mol. The molecule has 4 nitrogen and oxygen atoms in total. The molecule has 2 N–H and O–H groups in total. The third kappa shape index (κ3) is 3.87. The van der Waals surface area contributed by atoms with Crippen molar-refractivity contribution in [3.05, 3.63) is 35.4 Å². The fraction of sp³-hybridized carbons (Fsp3) is 0.588. The maximum Gasteiger partial charge on any atom is 0.234 e. The molecule has 2 atom stereocenters. The van der Waals surface area contributed by atoms with Gasteiger partial charge < -0.3 is 10.4 Å². The smallest absolute Gasteiger partial charge is 0.234 e. The predicted molar refractivity (Wildman–Crippen MR) is 81.6 cm³/mol. The van der Waals surface area contributed by atoms with Gasteiger partial charge in [-0.05, 0) is 42.9 Å². The molecule has 1 amide bonds. The average Bonchev–Trinajstić information content (AvgIpc) is 2.81. The van der Waals surface area contributed by atoms with E-state index in [0.29, 0.717) is 31.0 Å². The third-order valence-electron chi connectivity index (χ3n) is 4.87. The maximum absolute atomic E-state index is 13.4. The zero-order valence-corrected chi connectivity index (χ0v) is 13.0. The molecule has 0 aromatic heterocycles. The van der Waals surface area contributed by atoms with Crippen molar-refractivity contribution < 1.29 is 18.7 Å². The molecule has 3 rings (SSSR count). The van der Waals surface area contributed by atoms with Crippen LogP contribution < -0.4 is 5.32 Å². The van der Waals surface area contributed by atoms with Crippen LogP contribution in [0.15, 0.2) is 18.2 Å². The summed E-state index contributed by atoms with van der Waals surface area (Å²) in [5, 5.41) is 12.8. The van der Waals surface area contributed by atoms with E-state index in [4.69, 9.17) is 0 Å². The molecule has 0 spiro atoms. The van der Waals surface area contributed by atoms with E-state index in [-0.39, 0.29) is 18.5 Å². The number of β-amino-alcohol motifs (C(OH)–C–C–N with tert-alkyl or cyclic N) is 1. The Bertz CT molecular complexity index is 578. The minimum Gasteiger partial charge on any atom is -0.392 e. The molecule has 23 heavy (non-hydrogen) atoms. The van der Waals surface area contributed by atoms with Crippen LogP contribution in [0.5, 0.6) is 0 Å². The SMILES string of the molecule is O=C(CN1C[C@@H](O)C[C@@H]1c1ccc(F)c(F)c1)NCC1CCC1. The summed E-state index contributed by atoms with van der Waals surface area (Å²) in [6, 6.07) is 3.48. The number of amides is 1. The Balaban J connectivity index is 1.61. The summed E-state index contributed by atoms with van der Waals surface area (Å²) in [4.78, 5) is 13.9. The molecule has 1 aromatic carbocycles. The molecule has 1 saturated heterocycles. The standard InChI is InChI=1S/C17H22F2N2O2/c18-14-5-4-12(6-15(14)19)16-7-13(22)9-21(16)10-17(23)20-8-11-2-1-3-11/h4-6,11,13,16,22H,1-3,7-10H2,(H,20,23)/t13-,16+/m0/s1. The first-order valence-corrected chi connectivity index (χ1v) is 8.16. The second kappa shape index (κ2) is 6.93. The van der Waals surface area contributed by atoms with Gasteiger partial charge in [0.1, 0.15) is 0 Å². The van der Waals surface area contributed by atoms with Gasteiger partial charge in [0.05, 0.1) is 12.6 Å². The first kappa shape index (κ1) is 16.3. The second-order valence-electron chi connectivity index (χ2n) is 6.61. The molecule has 0 bridgehead atoms. The molecule has 0 radical (unpaired) electrons. The normalized spacial score (nSPS) is 25.3. The van der Waals surface area contributed by atoms with Gasteiger partial charge in [0.25, 0.3) is 0 Å². The number of halogens is 2. The van der Waals surface area contributed by atoms with Crippen LogP contribution in [-0.4, -0.2) is 41.7 Å². The van der Waals surface area contributed by atoms with Crippen LogP contribution >= 0.6 is 0 Å². The van der Waals surface area contributed by atoms with Gasteiger partial charge in [-0.2, -0.15) is 0 Å². The lowest BCUT2D eigenvalue weighted by Crippen LogP contribution is -2.40. The Morgan fingerprint density at radius 1 is 1.30 bits per heavy atom. The Hall–Kier alpha value is -1.53. The lowest BCUT2D eigenvalue weighted by Gasteiger charge is -2.27. The van der Waals surface area contributed by atoms with E-state index in [1.54, 1.807) is 0 Å². The summed E-state index contributed by atoms with van der Waals surface area (Å²) >= 11 is 0. The number of aliphatic hydroxyl groups is 1.